The van der Waals surface area contributed by atoms with Gasteiger partial charge >= 0.3 is 0 Å². The van der Waals surface area contributed by atoms with Crippen LogP contribution in [0.25, 0.3) is 10.2 Å². The smallest absolute Gasteiger partial charge is 0.240 e. The molecular formula is C12H6BrFN2OS. The van der Waals surface area contributed by atoms with Crippen molar-refractivity contribution in [1.82, 2.24) is 9.97 Å². The molecule has 2 aromatic heterocycles. The van der Waals surface area contributed by atoms with Crippen molar-refractivity contribution in [1.29, 1.82) is 0 Å². The fourth-order valence-corrected chi connectivity index (χ4v) is 2.60. The Morgan fingerprint density at radius 1 is 1.22 bits per heavy atom. The number of thiophene rings is 1. The van der Waals surface area contributed by atoms with Gasteiger partial charge in [0.1, 0.15) is 22.6 Å². The zero-order chi connectivity index (χ0) is 12.5. The van der Waals surface area contributed by atoms with E-state index in [1.165, 1.54) is 29.8 Å². The molecule has 3 aromatic rings. The van der Waals surface area contributed by atoms with Crippen molar-refractivity contribution in [3.63, 3.8) is 0 Å². The van der Waals surface area contributed by atoms with E-state index in [4.69, 9.17) is 4.74 Å². The van der Waals surface area contributed by atoms with Crippen LogP contribution in [-0.4, -0.2) is 9.97 Å². The highest BCUT2D eigenvalue weighted by Crippen LogP contribution is 2.34. The second-order valence-corrected chi connectivity index (χ2v) is 5.26. The molecule has 90 valence electrons. The third-order valence-electron chi connectivity index (χ3n) is 2.31. The number of aromatic nitrogens is 2. The van der Waals surface area contributed by atoms with Gasteiger partial charge in [-0.15, -0.1) is 11.3 Å². The number of ether oxygens (including phenoxy) is 1. The summed E-state index contributed by atoms with van der Waals surface area (Å²) in [5.74, 6) is 0.467. The highest BCUT2D eigenvalue weighted by molar-refractivity contribution is 9.10. The summed E-state index contributed by atoms with van der Waals surface area (Å²) >= 11 is 4.80. The molecule has 3 rings (SSSR count). The molecule has 0 aliphatic rings. The van der Waals surface area contributed by atoms with E-state index in [1.54, 1.807) is 6.07 Å². The van der Waals surface area contributed by atoms with E-state index in [9.17, 15) is 4.39 Å². The summed E-state index contributed by atoms with van der Waals surface area (Å²) in [7, 11) is 0. The lowest BCUT2D eigenvalue weighted by Gasteiger charge is -2.07. The minimum Gasteiger partial charge on any atom is -0.436 e. The molecule has 1 aromatic carbocycles. The van der Waals surface area contributed by atoms with Crippen molar-refractivity contribution >= 4 is 37.5 Å². The van der Waals surface area contributed by atoms with Crippen LogP contribution in [-0.2, 0) is 0 Å². The van der Waals surface area contributed by atoms with Gasteiger partial charge in [0.25, 0.3) is 0 Å². The molecule has 0 atom stereocenters. The van der Waals surface area contributed by atoms with Crippen LogP contribution in [0, 0.1) is 5.82 Å². The molecule has 0 fully saturated rings. The molecule has 0 bridgehead atoms. The molecule has 0 saturated carbocycles. The molecule has 0 unspecified atom stereocenters. The molecule has 3 nitrogen and oxygen atoms in total. The van der Waals surface area contributed by atoms with E-state index in [0.717, 1.165) is 10.2 Å². The van der Waals surface area contributed by atoms with Crippen LogP contribution >= 0.6 is 27.3 Å². The van der Waals surface area contributed by atoms with Crippen molar-refractivity contribution in [3.8, 4) is 11.6 Å². The zero-order valence-electron chi connectivity index (χ0n) is 8.93. The second-order valence-electron chi connectivity index (χ2n) is 3.49. The maximum atomic E-state index is 13.2. The van der Waals surface area contributed by atoms with E-state index in [0.29, 0.717) is 16.1 Å². The first-order valence-electron chi connectivity index (χ1n) is 5.05. The van der Waals surface area contributed by atoms with Gasteiger partial charge in [-0.1, -0.05) is 0 Å². The van der Waals surface area contributed by atoms with Crippen molar-refractivity contribution in [2.24, 2.45) is 0 Å². The molecule has 2 heterocycles. The van der Waals surface area contributed by atoms with Gasteiger partial charge in [-0.2, -0.15) is 0 Å². The van der Waals surface area contributed by atoms with Crippen LogP contribution in [0.15, 0.2) is 40.4 Å². The largest absolute Gasteiger partial charge is 0.436 e. The Bertz CT molecular complexity index is 716. The Labute approximate surface area is 114 Å². The summed E-state index contributed by atoms with van der Waals surface area (Å²) in [5.41, 5.74) is 0.817. The second kappa shape index (κ2) is 4.62. The molecule has 18 heavy (non-hydrogen) atoms. The zero-order valence-corrected chi connectivity index (χ0v) is 11.3. The Morgan fingerprint density at radius 2 is 2.11 bits per heavy atom. The van der Waals surface area contributed by atoms with Crippen LogP contribution in [0.5, 0.6) is 11.6 Å². The summed E-state index contributed by atoms with van der Waals surface area (Å²) in [6.07, 6.45) is 1.43. The van der Waals surface area contributed by atoms with Crippen molar-refractivity contribution in [2.75, 3.05) is 0 Å². The first kappa shape index (κ1) is 11.6. The normalized spacial score (nSPS) is 10.8. The molecule has 6 heteroatoms. The number of rotatable bonds is 2. The molecule has 0 spiro atoms. The van der Waals surface area contributed by atoms with E-state index in [2.05, 4.69) is 25.9 Å². The van der Waals surface area contributed by atoms with E-state index >= 15 is 0 Å². The average Bonchev–Trinajstić information content (AvgIpc) is 2.83. The maximum Gasteiger partial charge on any atom is 0.240 e. The highest BCUT2D eigenvalue weighted by Gasteiger charge is 2.10. The lowest BCUT2D eigenvalue weighted by atomic mass is 10.3. The van der Waals surface area contributed by atoms with Gasteiger partial charge in [-0.05, 0) is 39.5 Å². The number of halogens is 2. The monoisotopic (exact) mass is 324 g/mol. The Hall–Kier alpha value is -1.53. The lowest BCUT2D eigenvalue weighted by Crippen LogP contribution is -1.90. The summed E-state index contributed by atoms with van der Waals surface area (Å²) in [4.78, 5) is 8.20. The summed E-state index contributed by atoms with van der Waals surface area (Å²) < 4.78 is 20.3. The van der Waals surface area contributed by atoms with Crippen LogP contribution in [0.4, 0.5) is 4.39 Å². The standard InChI is InChI=1S/C12H6BrFN2OS/c13-8-2-1-7(14)5-10(8)17-12-11-9(3-4-18-11)15-6-16-12/h1-6H. The number of nitrogens with zero attached hydrogens (tertiary/aromatic N) is 2. The number of fused-ring (bicyclic) bond motifs is 1. The van der Waals surface area contributed by atoms with Crippen LogP contribution in [0.1, 0.15) is 0 Å². The topological polar surface area (TPSA) is 35.0 Å². The minimum absolute atomic E-state index is 0.357. The van der Waals surface area contributed by atoms with Gasteiger partial charge in [0.05, 0.1) is 9.99 Å². The molecule has 0 aliphatic carbocycles. The summed E-state index contributed by atoms with van der Waals surface area (Å²) in [6, 6.07) is 6.15. The number of benzene rings is 1. The van der Waals surface area contributed by atoms with E-state index in [-0.39, 0.29) is 5.82 Å². The quantitative estimate of drug-likeness (QED) is 0.701. The Balaban J connectivity index is 2.06. The lowest BCUT2D eigenvalue weighted by molar-refractivity contribution is 0.461. The third-order valence-corrected chi connectivity index (χ3v) is 3.86. The third kappa shape index (κ3) is 2.09. The Kier molecular flexibility index (Phi) is 2.97. The van der Waals surface area contributed by atoms with Crippen molar-refractivity contribution < 1.29 is 9.13 Å². The molecule has 0 radical (unpaired) electrons. The van der Waals surface area contributed by atoms with Gasteiger partial charge < -0.3 is 4.74 Å². The van der Waals surface area contributed by atoms with Crippen molar-refractivity contribution in [3.05, 3.63) is 46.3 Å². The van der Waals surface area contributed by atoms with E-state index < -0.39 is 0 Å². The fraction of sp³-hybridized carbons (Fsp3) is 0. The van der Waals surface area contributed by atoms with Gasteiger partial charge in [0.15, 0.2) is 0 Å². The number of hydrogen-bond donors (Lipinski definition) is 0. The molecular weight excluding hydrogens is 319 g/mol. The van der Waals surface area contributed by atoms with Gasteiger partial charge in [-0.25, -0.2) is 14.4 Å². The van der Waals surface area contributed by atoms with Crippen molar-refractivity contribution in [2.45, 2.75) is 0 Å². The molecule has 0 N–H and O–H groups in total. The SMILES string of the molecule is Fc1ccc(Br)c(Oc2ncnc3ccsc23)c1. The van der Waals surface area contributed by atoms with Crippen LogP contribution in [0.3, 0.4) is 0 Å². The van der Waals surface area contributed by atoms with E-state index in [1.807, 2.05) is 11.4 Å². The maximum absolute atomic E-state index is 13.2. The van der Waals surface area contributed by atoms with Crippen LogP contribution in [0.2, 0.25) is 0 Å². The predicted octanol–water partition coefficient (Wildman–Crippen LogP) is 4.39. The van der Waals surface area contributed by atoms with Gasteiger partial charge in [0, 0.05) is 6.07 Å². The average molecular weight is 325 g/mol. The van der Waals surface area contributed by atoms with Crippen LogP contribution < -0.4 is 4.74 Å². The predicted molar refractivity (Wildman–Crippen MR) is 71.6 cm³/mol. The molecule has 0 saturated heterocycles. The summed E-state index contributed by atoms with van der Waals surface area (Å²) in [5, 5.41) is 1.91. The van der Waals surface area contributed by atoms with Gasteiger partial charge in [0.2, 0.25) is 5.88 Å². The minimum atomic E-state index is -0.357. The van der Waals surface area contributed by atoms with Gasteiger partial charge in [-0.3, -0.25) is 0 Å². The molecule has 0 amide bonds. The number of hydrogen-bond acceptors (Lipinski definition) is 4. The first-order chi connectivity index (χ1) is 8.74. The fourth-order valence-electron chi connectivity index (χ4n) is 1.50. The first-order valence-corrected chi connectivity index (χ1v) is 6.72. The molecule has 0 aliphatic heterocycles. The summed E-state index contributed by atoms with van der Waals surface area (Å²) in [6.45, 7) is 0. The highest BCUT2D eigenvalue weighted by atomic mass is 79.9. The Morgan fingerprint density at radius 3 is 3.00 bits per heavy atom.